The Hall–Kier alpha value is -1.29. The maximum atomic E-state index is 12.8. The van der Waals surface area contributed by atoms with E-state index in [2.05, 4.69) is 20.9 Å². The van der Waals surface area contributed by atoms with Crippen LogP contribution in [0.3, 0.4) is 0 Å². The first-order valence-corrected chi connectivity index (χ1v) is 10.8. The van der Waals surface area contributed by atoms with Gasteiger partial charge in [0.25, 0.3) is 10.0 Å². The standard InChI is InChI=1S/C16H17BrN2O4S2/c1-11(20)19(25(21,22)14-6-4-12(17)5-7-14)9-13-10-24-16(18-13)15-3-2-8-23-15/h4-7,10,15H,2-3,8-9H2,1H3/t15-/m1/s1. The summed E-state index contributed by atoms with van der Waals surface area (Å²) in [4.78, 5) is 16.5. The number of carbonyl (C=O) groups is 1. The molecule has 0 saturated carbocycles. The average Bonchev–Trinajstić information content (AvgIpc) is 3.24. The molecule has 0 unspecified atom stereocenters. The normalized spacial score (nSPS) is 17.6. The Kier molecular flexibility index (Phi) is 5.57. The molecule has 1 amide bonds. The summed E-state index contributed by atoms with van der Waals surface area (Å²) in [5.74, 6) is -0.547. The van der Waals surface area contributed by atoms with Crippen LogP contribution in [0.4, 0.5) is 0 Å². The van der Waals surface area contributed by atoms with Crippen LogP contribution >= 0.6 is 27.3 Å². The van der Waals surface area contributed by atoms with E-state index in [0.717, 1.165) is 33.2 Å². The molecule has 6 nitrogen and oxygen atoms in total. The van der Waals surface area contributed by atoms with Crippen LogP contribution in [0, 0.1) is 0 Å². The third-order valence-electron chi connectivity index (χ3n) is 3.83. The van der Waals surface area contributed by atoms with Crippen molar-refractivity contribution in [3.63, 3.8) is 0 Å². The lowest BCUT2D eigenvalue weighted by Crippen LogP contribution is -2.34. The third-order valence-corrected chi connectivity index (χ3v) is 7.18. The highest BCUT2D eigenvalue weighted by Gasteiger charge is 2.28. The molecule has 1 saturated heterocycles. The molecule has 1 fully saturated rings. The predicted octanol–water partition coefficient (Wildman–Crippen LogP) is 3.49. The van der Waals surface area contributed by atoms with Crippen LogP contribution < -0.4 is 0 Å². The number of thiazole rings is 1. The lowest BCUT2D eigenvalue weighted by molar-refractivity contribution is -0.124. The van der Waals surface area contributed by atoms with Crippen LogP contribution in [0.25, 0.3) is 0 Å². The Morgan fingerprint density at radius 2 is 2.12 bits per heavy atom. The summed E-state index contributed by atoms with van der Waals surface area (Å²) in [6, 6.07) is 6.19. The molecule has 0 radical (unpaired) electrons. The zero-order chi connectivity index (χ0) is 18.0. The van der Waals surface area contributed by atoms with Crippen molar-refractivity contribution in [1.82, 2.24) is 9.29 Å². The van der Waals surface area contributed by atoms with E-state index in [-0.39, 0.29) is 17.5 Å². The molecule has 1 aromatic heterocycles. The average molecular weight is 445 g/mol. The molecule has 0 aliphatic carbocycles. The predicted molar refractivity (Wildman–Crippen MR) is 97.6 cm³/mol. The van der Waals surface area contributed by atoms with Crippen molar-refractivity contribution in [1.29, 1.82) is 0 Å². The van der Waals surface area contributed by atoms with Gasteiger partial charge in [-0.2, -0.15) is 0 Å². The van der Waals surface area contributed by atoms with Gasteiger partial charge >= 0.3 is 0 Å². The van der Waals surface area contributed by atoms with Gasteiger partial charge < -0.3 is 4.74 Å². The fourth-order valence-corrected chi connectivity index (χ4v) is 5.09. The molecular weight excluding hydrogens is 428 g/mol. The third kappa shape index (κ3) is 4.11. The van der Waals surface area contributed by atoms with Gasteiger partial charge in [-0.05, 0) is 37.1 Å². The maximum Gasteiger partial charge on any atom is 0.266 e. The topological polar surface area (TPSA) is 76.6 Å². The lowest BCUT2D eigenvalue weighted by atomic mass is 10.2. The number of aromatic nitrogens is 1. The summed E-state index contributed by atoms with van der Waals surface area (Å²) < 4.78 is 32.8. The van der Waals surface area contributed by atoms with Gasteiger partial charge in [-0.15, -0.1) is 11.3 Å². The van der Waals surface area contributed by atoms with E-state index in [1.807, 2.05) is 0 Å². The molecule has 25 heavy (non-hydrogen) atoms. The van der Waals surface area contributed by atoms with Gasteiger partial charge in [-0.1, -0.05) is 15.9 Å². The van der Waals surface area contributed by atoms with Crippen LogP contribution in [0.15, 0.2) is 39.0 Å². The van der Waals surface area contributed by atoms with E-state index < -0.39 is 15.9 Å². The molecular formula is C16H17BrN2O4S2. The van der Waals surface area contributed by atoms with Crippen molar-refractivity contribution in [3.8, 4) is 0 Å². The zero-order valence-corrected chi connectivity index (χ0v) is 16.7. The minimum Gasteiger partial charge on any atom is -0.371 e. The van der Waals surface area contributed by atoms with Gasteiger partial charge in [0, 0.05) is 23.4 Å². The summed E-state index contributed by atoms with van der Waals surface area (Å²) in [6.45, 7) is 1.87. The second kappa shape index (κ2) is 7.53. The van der Waals surface area contributed by atoms with E-state index in [0.29, 0.717) is 5.69 Å². The van der Waals surface area contributed by atoms with Crippen LogP contribution in [-0.4, -0.2) is 30.2 Å². The molecule has 1 atom stereocenters. The smallest absolute Gasteiger partial charge is 0.266 e. The number of carbonyl (C=O) groups excluding carboxylic acids is 1. The zero-order valence-electron chi connectivity index (χ0n) is 13.5. The number of sulfonamides is 1. The minimum atomic E-state index is -3.93. The molecule has 9 heteroatoms. The van der Waals surface area contributed by atoms with Gasteiger partial charge in [0.2, 0.25) is 5.91 Å². The van der Waals surface area contributed by atoms with Gasteiger partial charge in [-0.25, -0.2) is 17.7 Å². The van der Waals surface area contributed by atoms with Gasteiger partial charge in [0.1, 0.15) is 11.1 Å². The van der Waals surface area contributed by atoms with Gasteiger partial charge in [-0.3, -0.25) is 4.79 Å². The first-order chi connectivity index (χ1) is 11.9. The molecule has 1 aliphatic heterocycles. The quantitative estimate of drug-likeness (QED) is 0.704. The summed E-state index contributed by atoms with van der Waals surface area (Å²) >= 11 is 4.70. The monoisotopic (exact) mass is 444 g/mol. The Balaban J connectivity index is 1.84. The Morgan fingerprint density at radius 1 is 1.40 bits per heavy atom. The number of rotatable bonds is 5. The van der Waals surface area contributed by atoms with E-state index in [4.69, 9.17) is 4.74 Å². The van der Waals surface area contributed by atoms with Crippen LogP contribution in [0.1, 0.15) is 36.6 Å². The summed E-state index contributed by atoms with van der Waals surface area (Å²) in [6.07, 6.45) is 1.89. The molecule has 2 heterocycles. The number of nitrogens with zero attached hydrogens (tertiary/aromatic N) is 2. The van der Waals surface area contributed by atoms with Crippen molar-refractivity contribution in [2.45, 2.75) is 37.3 Å². The van der Waals surface area contributed by atoms with Crippen LogP contribution in [0.5, 0.6) is 0 Å². The first kappa shape index (κ1) is 18.5. The van der Waals surface area contributed by atoms with Gasteiger partial charge in [0.05, 0.1) is 17.1 Å². The summed E-state index contributed by atoms with van der Waals surface area (Å²) in [7, 11) is -3.93. The molecule has 1 aliphatic rings. The largest absolute Gasteiger partial charge is 0.371 e. The SMILES string of the molecule is CC(=O)N(Cc1csc([C@H]2CCCO2)n1)S(=O)(=O)c1ccc(Br)cc1. The van der Waals surface area contributed by atoms with Crippen LogP contribution in [0.2, 0.25) is 0 Å². The Labute approximate surface area is 159 Å². The van der Waals surface area contributed by atoms with Gasteiger partial charge in [0.15, 0.2) is 0 Å². The van der Waals surface area contributed by atoms with Crippen molar-refractivity contribution in [3.05, 3.63) is 44.8 Å². The van der Waals surface area contributed by atoms with E-state index in [1.54, 1.807) is 17.5 Å². The van der Waals surface area contributed by atoms with E-state index >= 15 is 0 Å². The Morgan fingerprint density at radius 3 is 2.72 bits per heavy atom. The molecule has 0 N–H and O–H groups in total. The van der Waals surface area contributed by atoms with Crippen molar-refractivity contribution in [2.75, 3.05) is 6.61 Å². The first-order valence-electron chi connectivity index (χ1n) is 7.72. The molecule has 1 aromatic carbocycles. The Bertz CT molecular complexity index is 859. The highest BCUT2D eigenvalue weighted by Crippen LogP contribution is 2.31. The minimum absolute atomic E-state index is 0.0207. The fraction of sp³-hybridized carbons (Fsp3) is 0.375. The summed E-state index contributed by atoms with van der Waals surface area (Å²) in [5, 5.41) is 2.61. The van der Waals surface area contributed by atoms with Crippen molar-refractivity contribution < 1.29 is 17.9 Å². The van der Waals surface area contributed by atoms with E-state index in [9.17, 15) is 13.2 Å². The maximum absolute atomic E-state index is 12.8. The van der Waals surface area contributed by atoms with E-state index in [1.165, 1.54) is 30.4 Å². The molecule has 0 bridgehead atoms. The number of hydrogen-bond donors (Lipinski definition) is 0. The van der Waals surface area contributed by atoms with Crippen molar-refractivity contribution >= 4 is 43.2 Å². The molecule has 2 aromatic rings. The highest BCUT2D eigenvalue weighted by molar-refractivity contribution is 9.10. The number of amides is 1. The number of hydrogen-bond acceptors (Lipinski definition) is 6. The molecule has 134 valence electrons. The van der Waals surface area contributed by atoms with Crippen molar-refractivity contribution in [2.24, 2.45) is 0 Å². The highest BCUT2D eigenvalue weighted by atomic mass is 79.9. The second-order valence-electron chi connectivity index (χ2n) is 5.66. The molecule has 0 spiro atoms. The molecule has 3 rings (SSSR count). The fourth-order valence-electron chi connectivity index (χ4n) is 2.56. The lowest BCUT2D eigenvalue weighted by Gasteiger charge is -2.20. The van der Waals surface area contributed by atoms with Crippen LogP contribution in [-0.2, 0) is 26.1 Å². The second-order valence-corrected chi connectivity index (χ2v) is 9.33. The number of ether oxygens (including phenoxy) is 1. The summed E-state index contributed by atoms with van der Waals surface area (Å²) in [5.41, 5.74) is 0.548. The number of benzene rings is 1. The number of halogens is 1.